The van der Waals surface area contributed by atoms with E-state index in [2.05, 4.69) is 31.1 Å². The number of carbonyl (C=O) groups excluding carboxylic acids is 1. The third-order valence-electron chi connectivity index (χ3n) is 3.47. The fraction of sp³-hybridized carbons (Fsp3) is 0.733. The van der Waals surface area contributed by atoms with E-state index >= 15 is 0 Å². The number of carbonyl (C=O) groups is 1. The molecular formula is C15H26N2O2S. The van der Waals surface area contributed by atoms with Crippen molar-refractivity contribution in [2.45, 2.75) is 64.9 Å². The summed E-state index contributed by atoms with van der Waals surface area (Å²) in [5, 5.41) is 15.9. The van der Waals surface area contributed by atoms with Gasteiger partial charge >= 0.3 is 0 Å². The normalized spacial score (nSPS) is 12.5. The first kappa shape index (κ1) is 17.1. The largest absolute Gasteiger partial charge is 0.388 e. The lowest BCUT2D eigenvalue weighted by molar-refractivity contribution is -0.121. The lowest BCUT2D eigenvalue weighted by Crippen LogP contribution is -2.42. The molecule has 1 aromatic heterocycles. The standard InChI is InChI=1S/C15H26N2O2S/c1-6-15(19,7-2)10-16-12(18)8-11-9-20-13(17-11)14(3,4)5/h9,19H,6-8,10H2,1-5H3,(H,16,18). The highest BCUT2D eigenvalue weighted by atomic mass is 32.1. The van der Waals surface area contributed by atoms with E-state index in [0.29, 0.717) is 19.4 Å². The van der Waals surface area contributed by atoms with Crippen molar-refractivity contribution >= 4 is 17.2 Å². The fourth-order valence-electron chi connectivity index (χ4n) is 1.72. The zero-order chi connectivity index (χ0) is 15.4. The van der Waals surface area contributed by atoms with Crippen LogP contribution in [0.5, 0.6) is 0 Å². The monoisotopic (exact) mass is 298 g/mol. The Kier molecular flexibility index (Phi) is 5.71. The molecule has 1 amide bonds. The Morgan fingerprint density at radius 2 is 1.95 bits per heavy atom. The number of hydrogen-bond donors (Lipinski definition) is 2. The van der Waals surface area contributed by atoms with Gasteiger partial charge in [0.25, 0.3) is 0 Å². The van der Waals surface area contributed by atoms with Crippen molar-refractivity contribution in [1.82, 2.24) is 10.3 Å². The minimum absolute atomic E-state index is 0.0179. The van der Waals surface area contributed by atoms with Crippen LogP contribution < -0.4 is 5.32 Å². The van der Waals surface area contributed by atoms with Crippen LogP contribution in [0.1, 0.15) is 58.2 Å². The molecule has 20 heavy (non-hydrogen) atoms. The Hall–Kier alpha value is -0.940. The summed E-state index contributed by atoms with van der Waals surface area (Å²) in [6.45, 7) is 10.5. The van der Waals surface area contributed by atoms with Crippen molar-refractivity contribution in [3.8, 4) is 0 Å². The molecule has 0 saturated carbocycles. The van der Waals surface area contributed by atoms with Crippen molar-refractivity contribution in [1.29, 1.82) is 0 Å². The van der Waals surface area contributed by atoms with E-state index in [1.165, 1.54) is 0 Å². The summed E-state index contributed by atoms with van der Waals surface area (Å²) in [5.41, 5.74) is 0.0206. The van der Waals surface area contributed by atoms with E-state index < -0.39 is 5.60 Å². The molecule has 0 fully saturated rings. The van der Waals surface area contributed by atoms with Gasteiger partial charge in [-0.25, -0.2) is 4.98 Å². The summed E-state index contributed by atoms with van der Waals surface area (Å²) in [4.78, 5) is 16.4. The SMILES string of the molecule is CCC(O)(CC)CNC(=O)Cc1csc(C(C)(C)C)n1. The smallest absolute Gasteiger partial charge is 0.226 e. The molecule has 0 atom stereocenters. The minimum Gasteiger partial charge on any atom is -0.388 e. The average molecular weight is 298 g/mol. The van der Waals surface area contributed by atoms with Crippen LogP contribution in [-0.2, 0) is 16.6 Å². The number of thiazole rings is 1. The molecule has 1 heterocycles. The van der Waals surface area contributed by atoms with Gasteiger partial charge in [0, 0.05) is 17.3 Å². The first-order chi connectivity index (χ1) is 9.20. The Bertz CT molecular complexity index is 445. The van der Waals surface area contributed by atoms with Gasteiger partial charge < -0.3 is 10.4 Å². The molecule has 5 heteroatoms. The summed E-state index contributed by atoms with van der Waals surface area (Å²) in [6.07, 6.45) is 1.54. The van der Waals surface area contributed by atoms with Gasteiger partial charge in [0.1, 0.15) is 0 Å². The summed E-state index contributed by atoms with van der Waals surface area (Å²) in [5.74, 6) is -0.0870. The summed E-state index contributed by atoms with van der Waals surface area (Å²) in [7, 11) is 0. The number of hydrogen-bond acceptors (Lipinski definition) is 4. The van der Waals surface area contributed by atoms with Gasteiger partial charge in [-0.3, -0.25) is 4.79 Å². The van der Waals surface area contributed by atoms with Gasteiger partial charge in [0.05, 0.1) is 22.7 Å². The molecule has 2 N–H and O–H groups in total. The second-order valence-electron chi connectivity index (χ2n) is 6.28. The fourth-order valence-corrected chi connectivity index (χ4v) is 2.63. The summed E-state index contributed by atoms with van der Waals surface area (Å²) < 4.78 is 0. The molecule has 4 nitrogen and oxygen atoms in total. The zero-order valence-electron chi connectivity index (χ0n) is 13.1. The summed E-state index contributed by atoms with van der Waals surface area (Å²) >= 11 is 1.59. The van der Waals surface area contributed by atoms with Crippen LogP contribution in [0.4, 0.5) is 0 Å². The molecule has 0 aromatic carbocycles. The van der Waals surface area contributed by atoms with E-state index in [1.807, 2.05) is 19.2 Å². The first-order valence-electron chi connectivity index (χ1n) is 7.14. The predicted octanol–water partition coefficient (Wildman–Crippen LogP) is 2.65. The van der Waals surface area contributed by atoms with Crippen LogP contribution in [0.3, 0.4) is 0 Å². The van der Waals surface area contributed by atoms with Crippen LogP contribution >= 0.6 is 11.3 Å². The Balaban J connectivity index is 2.53. The molecule has 0 spiro atoms. The van der Waals surface area contributed by atoms with Crippen LogP contribution in [0, 0.1) is 0 Å². The van der Waals surface area contributed by atoms with E-state index in [1.54, 1.807) is 11.3 Å². The van der Waals surface area contributed by atoms with Crippen LogP contribution in [0.15, 0.2) is 5.38 Å². The number of aromatic nitrogens is 1. The van der Waals surface area contributed by atoms with Gasteiger partial charge in [0.15, 0.2) is 0 Å². The number of aliphatic hydroxyl groups is 1. The molecule has 0 unspecified atom stereocenters. The lowest BCUT2D eigenvalue weighted by Gasteiger charge is -2.25. The topological polar surface area (TPSA) is 62.2 Å². The highest BCUT2D eigenvalue weighted by Gasteiger charge is 2.23. The van der Waals surface area contributed by atoms with Gasteiger partial charge in [-0.2, -0.15) is 0 Å². The number of nitrogens with one attached hydrogen (secondary N) is 1. The molecule has 0 aliphatic heterocycles. The third kappa shape index (κ3) is 4.87. The lowest BCUT2D eigenvalue weighted by atomic mass is 9.97. The van der Waals surface area contributed by atoms with Crippen LogP contribution in [0.25, 0.3) is 0 Å². The molecule has 1 aromatic rings. The van der Waals surface area contributed by atoms with E-state index in [-0.39, 0.29) is 17.7 Å². The molecule has 114 valence electrons. The summed E-state index contributed by atoms with van der Waals surface area (Å²) in [6, 6.07) is 0. The van der Waals surface area contributed by atoms with Gasteiger partial charge in [-0.15, -0.1) is 11.3 Å². The molecule has 0 saturated heterocycles. The Morgan fingerprint density at radius 3 is 2.40 bits per heavy atom. The molecule has 0 bridgehead atoms. The quantitative estimate of drug-likeness (QED) is 0.848. The van der Waals surface area contributed by atoms with Gasteiger partial charge in [-0.05, 0) is 12.8 Å². The van der Waals surface area contributed by atoms with E-state index in [9.17, 15) is 9.90 Å². The Morgan fingerprint density at radius 1 is 1.35 bits per heavy atom. The van der Waals surface area contributed by atoms with Crippen molar-refractivity contribution in [3.63, 3.8) is 0 Å². The maximum absolute atomic E-state index is 11.9. The number of nitrogens with zero attached hydrogens (tertiary/aromatic N) is 1. The van der Waals surface area contributed by atoms with Crippen molar-refractivity contribution in [2.75, 3.05) is 6.54 Å². The maximum atomic E-state index is 11.9. The van der Waals surface area contributed by atoms with Crippen molar-refractivity contribution in [2.24, 2.45) is 0 Å². The molecule has 0 radical (unpaired) electrons. The predicted molar refractivity (Wildman–Crippen MR) is 83.1 cm³/mol. The molecule has 1 rings (SSSR count). The van der Waals surface area contributed by atoms with Crippen LogP contribution in [0.2, 0.25) is 0 Å². The highest BCUT2D eigenvalue weighted by Crippen LogP contribution is 2.25. The highest BCUT2D eigenvalue weighted by molar-refractivity contribution is 7.09. The average Bonchev–Trinajstić information content (AvgIpc) is 2.84. The van der Waals surface area contributed by atoms with Crippen molar-refractivity contribution < 1.29 is 9.90 Å². The van der Waals surface area contributed by atoms with Crippen molar-refractivity contribution in [3.05, 3.63) is 16.1 Å². The molecule has 0 aliphatic rings. The molecule has 0 aliphatic carbocycles. The van der Waals surface area contributed by atoms with Gasteiger partial charge in [-0.1, -0.05) is 34.6 Å². The second kappa shape index (κ2) is 6.68. The molecular weight excluding hydrogens is 272 g/mol. The number of rotatable bonds is 6. The third-order valence-corrected chi connectivity index (χ3v) is 4.78. The number of amides is 1. The van der Waals surface area contributed by atoms with Gasteiger partial charge in [0.2, 0.25) is 5.91 Å². The minimum atomic E-state index is -0.797. The Labute approximate surface area is 125 Å². The first-order valence-corrected chi connectivity index (χ1v) is 8.02. The van der Waals surface area contributed by atoms with Crippen LogP contribution in [-0.4, -0.2) is 28.1 Å². The zero-order valence-corrected chi connectivity index (χ0v) is 13.9. The van der Waals surface area contributed by atoms with E-state index in [4.69, 9.17) is 0 Å². The second-order valence-corrected chi connectivity index (χ2v) is 7.14. The maximum Gasteiger partial charge on any atom is 0.226 e. The van der Waals surface area contributed by atoms with E-state index in [0.717, 1.165) is 10.7 Å².